The van der Waals surface area contributed by atoms with Crippen molar-refractivity contribution in [2.75, 3.05) is 11.9 Å². The number of rotatable bonds is 9. The number of para-hydroxylation sites is 2. The summed E-state index contributed by atoms with van der Waals surface area (Å²) >= 11 is 12.5. The molecule has 0 aliphatic carbocycles. The summed E-state index contributed by atoms with van der Waals surface area (Å²) in [6.07, 6.45) is 6.30. The summed E-state index contributed by atoms with van der Waals surface area (Å²) in [6, 6.07) is 12.9. The van der Waals surface area contributed by atoms with Crippen LogP contribution in [-0.2, 0) is 16.0 Å². The maximum atomic E-state index is 12.3. The number of hydrogen-bond donors (Lipinski definition) is 1. The number of carbonyl (C=O) groups excluding carboxylic acids is 1. The third-order valence-corrected chi connectivity index (χ3v) is 4.97. The second-order valence-electron chi connectivity index (χ2n) is 7.11. The zero-order valence-corrected chi connectivity index (χ0v) is 18.6. The Bertz CT molecular complexity index is 879. The van der Waals surface area contributed by atoms with Gasteiger partial charge in [0.15, 0.2) is 0 Å². The van der Waals surface area contributed by atoms with Crippen LogP contribution >= 0.6 is 23.2 Å². The maximum absolute atomic E-state index is 12.3. The van der Waals surface area contributed by atoms with E-state index in [2.05, 4.69) is 32.2 Å². The fraction of sp³-hybridized carbons (Fsp3) is 0.292. The Balaban J connectivity index is 1.95. The zero-order chi connectivity index (χ0) is 21.2. The number of esters is 1. The quantitative estimate of drug-likeness (QED) is 0.329. The van der Waals surface area contributed by atoms with Gasteiger partial charge in [0.2, 0.25) is 0 Å². The van der Waals surface area contributed by atoms with Crippen LogP contribution in [0.4, 0.5) is 11.4 Å². The lowest BCUT2D eigenvalue weighted by Crippen LogP contribution is -2.10. The standard InChI is InChI=1S/C24H27Cl2NO2/c1-17(2)8-6-9-18(3)14-15-29-23(28)16-19-10-4-5-13-22(19)27-24-20(25)11-7-12-21(24)26/h4-5,7-8,10-14,27H,6,9,15-16H2,1-3H3. The summed E-state index contributed by atoms with van der Waals surface area (Å²) in [6.45, 7) is 6.52. The first kappa shape index (κ1) is 23.1. The Labute approximate surface area is 183 Å². The van der Waals surface area contributed by atoms with Crippen molar-refractivity contribution in [2.24, 2.45) is 0 Å². The molecule has 0 heterocycles. The average Bonchev–Trinajstić information content (AvgIpc) is 2.66. The highest BCUT2D eigenvalue weighted by atomic mass is 35.5. The summed E-state index contributed by atoms with van der Waals surface area (Å²) in [5, 5.41) is 4.27. The van der Waals surface area contributed by atoms with Crippen molar-refractivity contribution in [1.29, 1.82) is 0 Å². The lowest BCUT2D eigenvalue weighted by molar-refractivity contribution is -0.141. The molecule has 29 heavy (non-hydrogen) atoms. The molecule has 2 aromatic carbocycles. The zero-order valence-electron chi connectivity index (χ0n) is 17.1. The molecule has 2 rings (SSSR count). The number of nitrogens with one attached hydrogen (secondary N) is 1. The lowest BCUT2D eigenvalue weighted by Gasteiger charge is -2.14. The van der Waals surface area contributed by atoms with E-state index in [9.17, 15) is 4.79 Å². The molecule has 154 valence electrons. The van der Waals surface area contributed by atoms with Gasteiger partial charge in [-0.1, -0.05) is 64.7 Å². The van der Waals surface area contributed by atoms with E-state index in [0.717, 1.165) is 24.1 Å². The number of benzene rings is 2. The van der Waals surface area contributed by atoms with Gasteiger partial charge in [0.25, 0.3) is 0 Å². The van der Waals surface area contributed by atoms with Crippen molar-refractivity contribution in [3.05, 3.63) is 81.4 Å². The van der Waals surface area contributed by atoms with Crippen LogP contribution in [0, 0.1) is 0 Å². The second-order valence-corrected chi connectivity index (χ2v) is 7.92. The predicted molar refractivity (Wildman–Crippen MR) is 123 cm³/mol. The fourth-order valence-electron chi connectivity index (χ4n) is 2.72. The molecule has 3 nitrogen and oxygen atoms in total. The van der Waals surface area contributed by atoms with Crippen LogP contribution in [0.2, 0.25) is 10.0 Å². The SMILES string of the molecule is CC(C)=CCCC(C)=CCOC(=O)Cc1ccccc1Nc1c(Cl)cccc1Cl. The van der Waals surface area contributed by atoms with E-state index in [1.54, 1.807) is 18.2 Å². The minimum absolute atomic E-state index is 0.163. The van der Waals surface area contributed by atoms with Gasteiger partial charge >= 0.3 is 5.97 Å². The van der Waals surface area contributed by atoms with Gasteiger partial charge in [-0.3, -0.25) is 4.79 Å². The molecule has 0 aromatic heterocycles. The molecule has 0 saturated heterocycles. The van der Waals surface area contributed by atoms with Crippen LogP contribution in [0.15, 0.2) is 65.8 Å². The van der Waals surface area contributed by atoms with Crippen LogP contribution < -0.4 is 5.32 Å². The van der Waals surface area contributed by atoms with Gasteiger partial charge in [0, 0.05) is 5.69 Å². The van der Waals surface area contributed by atoms with Crippen molar-refractivity contribution >= 4 is 40.5 Å². The molecular weight excluding hydrogens is 405 g/mol. The Kier molecular flexibility index (Phi) is 9.30. The van der Waals surface area contributed by atoms with Crippen LogP contribution in [0.1, 0.15) is 39.2 Å². The number of anilines is 2. The van der Waals surface area contributed by atoms with E-state index in [0.29, 0.717) is 15.7 Å². The van der Waals surface area contributed by atoms with E-state index in [4.69, 9.17) is 27.9 Å². The summed E-state index contributed by atoms with van der Waals surface area (Å²) in [7, 11) is 0. The number of carbonyl (C=O) groups is 1. The Morgan fingerprint density at radius 2 is 1.69 bits per heavy atom. The molecule has 1 N–H and O–H groups in total. The fourth-order valence-corrected chi connectivity index (χ4v) is 3.21. The van der Waals surface area contributed by atoms with Gasteiger partial charge in [0.1, 0.15) is 6.61 Å². The summed E-state index contributed by atoms with van der Waals surface area (Å²) in [5.41, 5.74) is 4.73. The van der Waals surface area contributed by atoms with Crippen molar-refractivity contribution in [2.45, 2.75) is 40.0 Å². The van der Waals surface area contributed by atoms with E-state index in [1.165, 1.54) is 11.1 Å². The summed E-state index contributed by atoms with van der Waals surface area (Å²) < 4.78 is 5.39. The molecule has 0 unspecified atom stereocenters. The number of ether oxygens (including phenoxy) is 1. The molecule has 0 saturated carbocycles. The van der Waals surface area contributed by atoms with Gasteiger partial charge in [-0.2, -0.15) is 0 Å². The molecule has 0 aliphatic heterocycles. The number of halogens is 2. The first-order valence-corrected chi connectivity index (χ1v) is 10.4. The van der Waals surface area contributed by atoms with Crippen molar-refractivity contribution in [3.8, 4) is 0 Å². The topological polar surface area (TPSA) is 38.3 Å². The highest BCUT2D eigenvalue weighted by molar-refractivity contribution is 6.39. The number of hydrogen-bond acceptors (Lipinski definition) is 3. The van der Waals surface area contributed by atoms with Gasteiger partial charge in [-0.15, -0.1) is 0 Å². The molecule has 0 aliphatic rings. The highest BCUT2D eigenvalue weighted by Crippen LogP contribution is 2.33. The van der Waals surface area contributed by atoms with Gasteiger partial charge < -0.3 is 10.1 Å². The highest BCUT2D eigenvalue weighted by Gasteiger charge is 2.11. The molecule has 0 fully saturated rings. The Morgan fingerprint density at radius 1 is 1.00 bits per heavy atom. The minimum atomic E-state index is -0.280. The molecular formula is C24H27Cl2NO2. The van der Waals surface area contributed by atoms with Crippen LogP contribution in [0.3, 0.4) is 0 Å². The molecule has 2 aromatic rings. The summed E-state index contributed by atoms with van der Waals surface area (Å²) in [5.74, 6) is -0.280. The molecule has 0 amide bonds. The van der Waals surface area contributed by atoms with Crippen LogP contribution in [0.25, 0.3) is 0 Å². The molecule has 0 radical (unpaired) electrons. The number of allylic oxidation sites excluding steroid dienone is 3. The van der Waals surface area contributed by atoms with E-state index in [1.807, 2.05) is 30.3 Å². The first-order chi connectivity index (χ1) is 13.9. The van der Waals surface area contributed by atoms with E-state index >= 15 is 0 Å². The Morgan fingerprint density at radius 3 is 2.38 bits per heavy atom. The van der Waals surface area contributed by atoms with Crippen molar-refractivity contribution < 1.29 is 9.53 Å². The van der Waals surface area contributed by atoms with Gasteiger partial charge in [-0.25, -0.2) is 0 Å². The third kappa shape index (κ3) is 7.96. The predicted octanol–water partition coefficient (Wildman–Crippen LogP) is 7.52. The third-order valence-electron chi connectivity index (χ3n) is 4.34. The average molecular weight is 432 g/mol. The lowest BCUT2D eigenvalue weighted by atomic mass is 10.1. The van der Waals surface area contributed by atoms with Crippen LogP contribution in [-0.4, -0.2) is 12.6 Å². The largest absolute Gasteiger partial charge is 0.461 e. The minimum Gasteiger partial charge on any atom is -0.461 e. The Hall–Kier alpha value is -2.23. The van der Waals surface area contributed by atoms with Crippen molar-refractivity contribution in [1.82, 2.24) is 0 Å². The van der Waals surface area contributed by atoms with E-state index in [-0.39, 0.29) is 19.0 Å². The molecule has 0 bridgehead atoms. The molecule has 0 atom stereocenters. The van der Waals surface area contributed by atoms with Crippen molar-refractivity contribution in [3.63, 3.8) is 0 Å². The molecule has 0 spiro atoms. The van der Waals surface area contributed by atoms with E-state index < -0.39 is 0 Å². The monoisotopic (exact) mass is 431 g/mol. The second kappa shape index (κ2) is 11.7. The van der Waals surface area contributed by atoms with Crippen LogP contribution in [0.5, 0.6) is 0 Å². The van der Waals surface area contributed by atoms with Gasteiger partial charge in [-0.05, 0) is 63.5 Å². The van der Waals surface area contributed by atoms with Gasteiger partial charge in [0.05, 0.1) is 22.2 Å². The molecule has 5 heteroatoms. The normalized spacial score (nSPS) is 11.1. The first-order valence-electron chi connectivity index (χ1n) is 9.60. The smallest absolute Gasteiger partial charge is 0.310 e. The summed E-state index contributed by atoms with van der Waals surface area (Å²) in [4.78, 5) is 12.3. The maximum Gasteiger partial charge on any atom is 0.310 e.